The lowest BCUT2D eigenvalue weighted by Gasteiger charge is -2.27. The van der Waals surface area contributed by atoms with Gasteiger partial charge in [0.05, 0.1) is 23.7 Å². The molecule has 5 nitrogen and oxygen atoms in total. The summed E-state index contributed by atoms with van der Waals surface area (Å²) in [5.74, 6) is 0.594. The van der Waals surface area contributed by atoms with Crippen molar-refractivity contribution in [2.75, 3.05) is 5.32 Å². The summed E-state index contributed by atoms with van der Waals surface area (Å²) in [4.78, 5) is 16.6. The fourth-order valence-corrected chi connectivity index (χ4v) is 3.62. The van der Waals surface area contributed by atoms with Gasteiger partial charge in [0.25, 0.3) is 0 Å². The average Bonchev–Trinajstić information content (AvgIpc) is 3.11. The summed E-state index contributed by atoms with van der Waals surface area (Å²) in [6.45, 7) is 0. The topological polar surface area (TPSA) is 59.8 Å². The van der Waals surface area contributed by atoms with Gasteiger partial charge in [0.1, 0.15) is 5.82 Å². The number of benzene rings is 1. The summed E-state index contributed by atoms with van der Waals surface area (Å²) in [6, 6.07) is 14.0. The minimum atomic E-state index is -0.120. The molecule has 0 fully saturated rings. The van der Waals surface area contributed by atoms with Crippen LogP contribution in [0.5, 0.6) is 0 Å². The van der Waals surface area contributed by atoms with Crippen LogP contribution in [-0.2, 0) is 17.6 Å². The van der Waals surface area contributed by atoms with E-state index in [0.717, 1.165) is 19.3 Å². The minimum Gasteiger partial charge on any atom is -0.311 e. The predicted molar refractivity (Wildman–Crippen MR) is 101 cm³/mol. The third kappa shape index (κ3) is 3.48. The minimum absolute atomic E-state index is 0.120. The lowest BCUT2D eigenvalue weighted by atomic mass is 9.88. The molecule has 0 saturated heterocycles. The highest BCUT2D eigenvalue weighted by atomic mass is 35.5. The number of anilines is 1. The van der Waals surface area contributed by atoms with Crippen LogP contribution in [0.25, 0.3) is 0 Å². The van der Waals surface area contributed by atoms with Crippen LogP contribution in [0.4, 0.5) is 5.82 Å². The smallest absolute Gasteiger partial charge is 0.231 e. The maximum atomic E-state index is 12.4. The SMILES string of the molecule is O=C(Cc1ccc(Cl)cn1)Nc1ccnn1C1CCCc2ccccc21. The molecule has 1 aliphatic carbocycles. The second-order valence-corrected chi connectivity index (χ2v) is 6.90. The van der Waals surface area contributed by atoms with Gasteiger partial charge in [-0.25, -0.2) is 4.68 Å². The first-order valence-corrected chi connectivity index (χ1v) is 9.10. The Labute approximate surface area is 157 Å². The van der Waals surface area contributed by atoms with E-state index in [2.05, 4.69) is 39.7 Å². The number of hydrogen-bond donors (Lipinski definition) is 1. The Morgan fingerprint density at radius 3 is 2.96 bits per heavy atom. The van der Waals surface area contributed by atoms with Gasteiger partial charge in [0.2, 0.25) is 5.91 Å². The Morgan fingerprint density at radius 1 is 1.23 bits per heavy atom. The van der Waals surface area contributed by atoms with Crippen molar-refractivity contribution in [3.8, 4) is 0 Å². The van der Waals surface area contributed by atoms with Gasteiger partial charge < -0.3 is 5.32 Å². The summed E-state index contributed by atoms with van der Waals surface area (Å²) in [6.07, 6.45) is 6.70. The number of carbonyl (C=O) groups is 1. The van der Waals surface area contributed by atoms with Gasteiger partial charge in [-0.1, -0.05) is 35.9 Å². The van der Waals surface area contributed by atoms with Crippen molar-refractivity contribution in [1.29, 1.82) is 0 Å². The Bertz CT molecular complexity index is 920. The third-order valence-corrected chi connectivity index (χ3v) is 4.92. The van der Waals surface area contributed by atoms with Crippen LogP contribution in [0.15, 0.2) is 54.9 Å². The van der Waals surface area contributed by atoms with Crippen molar-refractivity contribution >= 4 is 23.3 Å². The van der Waals surface area contributed by atoms with E-state index in [0.29, 0.717) is 16.5 Å². The van der Waals surface area contributed by atoms with Crippen molar-refractivity contribution in [2.45, 2.75) is 31.7 Å². The number of pyridine rings is 1. The molecule has 2 heterocycles. The highest BCUT2D eigenvalue weighted by Crippen LogP contribution is 2.34. The quantitative estimate of drug-likeness (QED) is 0.758. The molecule has 6 heteroatoms. The zero-order valence-electron chi connectivity index (χ0n) is 14.2. The summed E-state index contributed by atoms with van der Waals surface area (Å²) >= 11 is 5.84. The maximum absolute atomic E-state index is 12.4. The van der Waals surface area contributed by atoms with Crippen LogP contribution in [0, 0.1) is 0 Å². The Morgan fingerprint density at radius 2 is 2.12 bits per heavy atom. The van der Waals surface area contributed by atoms with Gasteiger partial charge in [-0.2, -0.15) is 5.10 Å². The highest BCUT2D eigenvalue weighted by molar-refractivity contribution is 6.30. The number of amides is 1. The van der Waals surface area contributed by atoms with Crippen LogP contribution in [0.3, 0.4) is 0 Å². The molecule has 4 rings (SSSR count). The van der Waals surface area contributed by atoms with Crippen molar-refractivity contribution in [2.24, 2.45) is 0 Å². The van der Waals surface area contributed by atoms with Gasteiger partial charge in [-0.3, -0.25) is 9.78 Å². The number of halogens is 1. The number of aromatic nitrogens is 3. The molecule has 1 amide bonds. The molecule has 1 aromatic carbocycles. The summed E-state index contributed by atoms with van der Waals surface area (Å²) < 4.78 is 1.92. The average molecular weight is 367 g/mol. The standard InChI is InChI=1S/C20H19ClN4O/c21-15-8-9-16(22-13-15)12-20(26)24-19-10-11-23-25(19)18-7-3-5-14-4-1-2-6-17(14)18/h1-2,4,6,8-11,13,18H,3,5,7,12H2,(H,24,26). The molecule has 0 bridgehead atoms. The van der Waals surface area contributed by atoms with E-state index < -0.39 is 0 Å². The van der Waals surface area contributed by atoms with E-state index >= 15 is 0 Å². The van der Waals surface area contributed by atoms with Gasteiger partial charge in [0, 0.05) is 18.0 Å². The zero-order chi connectivity index (χ0) is 17.9. The lowest BCUT2D eigenvalue weighted by Crippen LogP contribution is -2.23. The molecule has 1 unspecified atom stereocenters. The zero-order valence-corrected chi connectivity index (χ0v) is 15.0. The molecule has 0 aliphatic heterocycles. The van der Waals surface area contributed by atoms with Crippen molar-refractivity contribution in [3.05, 3.63) is 76.7 Å². The van der Waals surface area contributed by atoms with Gasteiger partial charge in [-0.05, 0) is 42.5 Å². The molecule has 3 aromatic rings. The van der Waals surface area contributed by atoms with Gasteiger partial charge in [0.15, 0.2) is 0 Å². The van der Waals surface area contributed by atoms with E-state index in [4.69, 9.17) is 11.6 Å². The maximum Gasteiger partial charge on any atom is 0.231 e. The summed E-state index contributed by atoms with van der Waals surface area (Å²) in [7, 11) is 0. The van der Waals surface area contributed by atoms with Crippen LogP contribution in [0.1, 0.15) is 35.7 Å². The molecular weight excluding hydrogens is 348 g/mol. The fourth-order valence-electron chi connectivity index (χ4n) is 3.51. The number of nitrogens with zero attached hydrogens (tertiary/aromatic N) is 3. The number of rotatable bonds is 4. The second-order valence-electron chi connectivity index (χ2n) is 6.46. The number of aryl methyl sites for hydroxylation is 1. The third-order valence-electron chi connectivity index (χ3n) is 4.70. The van der Waals surface area contributed by atoms with Crippen LogP contribution >= 0.6 is 11.6 Å². The van der Waals surface area contributed by atoms with Crippen molar-refractivity contribution < 1.29 is 4.79 Å². The van der Waals surface area contributed by atoms with Gasteiger partial charge >= 0.3 is 0 Å². The molecule has 0 radical (unpaired) electrons. The molecule has 0 saturated carbocycles. The van der Waals surface area contributed by atoms with Crippen molar-refractivity contribution in [3.63, 3.8) is 0 Å². The molecule has 132 valence electrons. The van der Waals surface area contributed by atoms with Crippen LogP contribution in [-0.4, -0.2) is 20.7 Å². The van der Waals surface area contributed by atoms with Crippen molar-refractivity contribution in [1.82, 2.24) is 14.8 Å². The highest BCUT2D eigenvalue weighted by Gasteiger charge is 2.24. The second kappa shape index (κ2) is 7.30. The Balaban J connectivity index is 1.53. The van der Waals surface area contributed by atoms with Crippen LogP contribution in [0.2, 0.25) is 5.02 Å². The number of hydrogen-bond acceptors (Lipinski definition) is 3. The first kappa shape index (κ1) is 16.8. The lowest BCUT2D eigenvalue weighted by molar-refractivity contribution is -0.115. The molecule has 1 aliphatic rings. The van der Waals surface area contributed by atoms with E-state index in [-0.39, 0.29) is 18.4 Å². The van der Waals surface area contributed by atoms with Crippen LogP contribution < -0.4 is 5.32 Å². The number of nitrogens with one attached hydrogen (secondary N) is 1. The monoisotopic (exact) mass is 366 g/mol. The summed E-state index contributed by atoms with van der Waals surface area (Å²) in [5, 5.41) is 8.01. The number of carbonyl (C=O) groups excluding carboxylic acids is 1. The van der Waals surface area contributed by atoms with Gasteiger partial charge in [-0.15, -0.1) is 0 Å². The Hall–Kier alpha value is -2.66. The molecule has 26 heavy (non-hydrogen) atoms. The molecular formula is C20H19ClN4O. The number of fused-ring (bicyclic) bond motifs is 1. The first-order chi connectivity index (χ1) is 12.7. The molecule has 0 spiro atoms. The largest absolute Gasteiger partial charge is 0.311 e. The molecule has 1 N–H and O–H groups in total. The molecule has 2 aromatic heterocycles. The fraction of sp³-hybridized carbons (Fsp3) is 0.250. The first-order valence-electron chi connectivity index (χ1n) is 8.72. The summed E-state index contributed by atoms with van der Waals surface area (Å²) in [5.41, 5.74) is 3.33. The van der Waals surface area contributed by atoms with E-state index in [1.807, 2.05) is 10.7 Å². The van der Waals surface area contributed by atoms with E-state index in [1.165, 1.54) is 11.1 Å². The predicted octanol–water partition coefficient (Wildman–Crippen LogP) is 4.04. The Kier molecular flexibility index (Phi) is 4.71. The van der Waals surface area contributed by atoms with E-state index in [9.17, 15) is 4.79 Å². The normalized spacial score (nSPS) is 16.1. The van der Waals surface area contributed by atoms with E-state index in [1.54, 1.807) is 24.5 Å². The molecule has 1 atom stereocenters.